The van der Waals surface area contributed by atoms with Crippen molar-refractivity contribution in [2.45, 2.75) is 39.8 Å². The third-order valence-electron chi connectivity index (χ3n) is 3.61. The second-order valence-electron chi connectivity index (χ2n) is 5.17. The van der Waals surface area contributed by atoms with Crippen LogP contribution in [-0.2, 0) is 17.1 Å². The number of rotatable bonds is 2. The van der Waals surface area contributed by atoms with Crippen LogP contribution in [0.15, 0.2) is 38.2 Å². The summed E-state index contributed by atoms with van der Waals surface area (Å²) < 4.78 is 0. The normalized spacial score (nSPS) is 21.9. The summed E-state index contributed by atoms with van der Waals surface area (Å²) in [6.45, 7) is 8.04. The fraction of sp³-hybridized carbons (Fsp3) is 0.400. The smallest absolute Gasteiger partial charge is 1.00 e. The molecule has 23 heavy (non-hydrogen) atoms. The van der Waals surface area contributed by atoms with Crippen LogP contribution in [0.1, 0.15) is 39.1 Å². The number of aromatic nitrogens is 1. The maximum absolute atomic E-state index is 4.60. The van der Waals surface area contributed by atoms with Crippen molar-refractivity contribution in [3.8, 4) is 0 Å². The molecule has 0 amide bonds. The van der Waals surface area contributed by atoms with E-state index in [0.717, 1.165) is 22.8 Å². The molecule has 5 nitrogen and oxygen atoms in total. The molecular formula is C15H17Cl2FeN5. The third kappa shape index (κ3) is 4.48. The Balaban J connectivity index is 0.00000161. The van der Waals surface area contributed by atoms with Gasteiger partial charge < -0.3 is 24.8 Å². The van der Waals surface area contributed by atoms with Gasteiger partial charge in [-0.25, -0.2) is 15.0 Å². The van der Waals surface area contributed by atoms with E-state index in [1.807, 2.05) is 45.9 Å². The fourth-order valence-electron chi connectivity index (χ4n) is 2.06. The van der Waals surface area contributed by atoms with Gasteiger partial charge in [0.05, 0.1) is 12.1 Å². The Morgan fingerprint density at radius 3 is 1.48 bits per heavy atom. The summed E-state index contributed by atoms with van der Waals surface area (Å²) in [5.74, 6) is 1.40. The van der Waals surface area contributed by atoms with Crippen LogP contribution in [0.2, 0.25) is 0 Å². The largest absolute Gasteiger partial charge is 2.00 e. The second kappa shape index (κ2) is 8.69. The first-order valence-electron chi connectivity index (χ1n) is 6.78. The molecule has 2 aliphatic rings. The monoisotopic (exact) mass is 393 g/mol. The maximum Gasteiger partial charge on any atom is 2.00 e. The summed E-state index contributed by atoms with van der Waals surface area (Å²) in [7, 11) is 0. The van der Waals surface area contributed by atoms with Crippen molar-refractivity contribution >= 4 is 23.1 Å². The molecule has 0 bridgehead atoms. The van der Waals surface area contributed by atoms with Crippen LogP contribution in [0.3, 0.4) is 0 Å². The average molecular weight is 394 g/mol. The minimum absolute atomic E-state index is 0. The topological polar surface area (TPSA) is 62.3 Å². The fourth-order valence-corrected chi connectivity index (χ4v) is 2.06. The molecule has 2 atom stereocenters. The van der Waals surface area contributed by atoms with Gasteiger partial charge in [-0.3, -0.25) is 9.98 Å². The predicted octanol–water partition coefficient (Wildman–Crippen LogP) is -3.69. The Kier molecular flexibility index (Phi) is 8.29. The Morgan fingerprint density at radius 1 is 0.783 bits per heavy atom. The molecule has 3 heterocycles. The first kappa shape index (κ1) is 21.9. The number of aliphatic imine (C=N–C) groups is 4. The van der Waals surface area contributed by atoms with Crippen LogP contribution < -0.4 is 24.8 Å². The molecule has 0 saturated carbocycles. The van der Waals surface area contributed by atoms with E-state index < -0.39 is 0 Å². The molecule has 0 saturated heterocycles. The van der Waals surface area contributed by atoms with E-state index in [0.29, 0.717) is 11.7 Å². The van der Waals surface area contributed by atoms with Gasteiger partial charge in [0.25, 0.3) is 0 Å². The molecule has 0 aromatic carbocycles. The van der Waals surface area contributed by atoms with Gasteiger partial charge >= 0.3 is 17.1 Å². The van der Waals surface area contributed by atoms with E-state index in [1.54, 1.807) is 0 Å². The van der Waals surface area contributed by atoms with Gasteiger partial charge in [-0.15, -0.1) is 0 Å². The van der Waals surface area contributed by atoms with Crippen molar-refractivity contribution in [2.75, 3.05) is 0 Å². The minimum Gasteiger partial charge on any atom is -1.00 e. The Bertz CT molecular complexity index is 642. The molecule has 124 valence electrons. The predicted molar refractivity (Wildman–Crippen MR) is 82.5 cm³/mol. The first-order valence-corrected chi connectivity index (χ1v) is 6.78. The number of amidine groups is 2. The van der Waals surface area contributed by atoms with E-state index in [4.69, 9.17) is 0 Å². The van der Waals surface area contributed by atoms with Crippen molar-refractivity contribution < 1.29 is 41.9 Å². The van der Waals surface area contributed by atoms with E-state index in [1.165, 1.54) is 0 Å². The van der Waals surface area contributed by atoms with Crippen molar-refractivity contribution in [1.82, 2.24) is 4.98 Å². The molecule has 0 spiro atoms. The van der Waals surface area contributed by atoms with Crippen LogP contribution in [0.4, 0.5) is 0 Å². The van der Waals surface area contributed by atoms with E-state index >= 15 is 0 Å². The van der Waals surface area contributed by atoms with Crippen LogP contribution in [0.25, 0.3) is 0 Å². The molecule has 0 N–H and O–H groups in total. The number of pyridine rings is 1. The molecule has 2 aliphatic heterocycles. The van der Waals surface area contributed by atoms with Gasteiger partial charge in [0.15, 0.2) is 11.7 Å². The standard InChI is InChI=1S/C15H17N5.2ClH.Fe/c1-8-9(2)17-14(16-8)12-6-5-7-13(20-12)15-18-10(3)11(4)19-15;;;/h5-8,10H,1-4H3;2*1H;/q;;;+2/p-2. The zero-order valence-corrected chi connectivity index (χ0v) is 15.8. The molecule has 8 heteroatoms. The zero-order chi connectivity index (χ0) is 14.3. The van der Waals surface area contributed by atoms with E-state index in [-0.39, 0.29) is 54.0 Å². The number of halogens is 2. The second-order valence-corrected chi connectivity index (χ2v) is 5.17. The Hall–Kier alpha value is -1.07. The summed E-state index contributed by atoms with van der Waals surface area (Å²) in [5, 5.41) is 0. The molecule has 3 rings (SSSR count). The molecule has 1 aromatic heterocycles. The van der Waals surface area contributed by atoms with Crippen molar-refractivity contribution in [2.24, 2.45) is 20.0 Å². The average Bonchev–Trinajstić information content (AvgIpc) is 2.94. The van der Waals surface area contributed by atoms with Gasteiger partial charge in [0, 0.05) is 11.4 Å². The van der Waals surface area contributed by atoms with Gasteiger partial charge in [-0.05, 0) is 39.8 Å². The number of nitrogens with zero attached hydrogens (tertiary/aromatic N) is 5. The summed E-state index contributed by atoms with van der Waals surface area (Å²) in [6.07, 6.45) is 0. The minimum atomic E-state index is 0. The van der Waals surface area contributed by atoms with Gasteiger partial charge in [0.2, 0.25) is 0 Å². The summed E-state index contributed by atoms with van der Waals surface area (Å²) >= 11 is 0. The van der Waals surface area contributed by atoms with Crippen LogP contribution in [0.5, 0.6) is 0 Å². The van der Waals surface area contributed by atoms with Gasteiger partial charge in [-0.2, -0.15) is 0 Å². The van der Waals surface area contributed by atoms with Crippen molar-refractivity contribution in [3.05, 3.63) is 29.6 Å². The maximum atomic E-state index is 4.60. The summed E-state index contributed by atoms with van der Waals surface area (Å²) in [6, 6.07) is 6.07. The molecule has 0 radical (unpaired) electrons. The van der Waals surface area contributed by atoms with Crippen LogP contribution >= 0.6 is 0 Å². The van der Waals surface area contributed by atoms with Crippen molar-refractivity contribution in [1.29, 1.82) is 0 Å². The third-order valence-corrected chi connectivity index (χ3v) is 3.61. The Labute approximate surface area is 159 Å². The number of hydrogen-bond acceptors (Lipinski definition) is 5. The van der Waals surface area contributed by atoms with E-state index in [9.17, 15) is 0 Å². The van der Waals surface area contributed by atoms with Crippen molar-refractivity contribution in [3.63, 3.8) is 0 Å². The molecule has 1 aromatic rings. The van der Waals surface area contributed by atoms with Gasteiger partial charge in [0.1, 0.15) is 11.4 Å². The van der Waals surface area contributed by atoms with Gasteiger partial charge in [-0.1, -0.05) is 6.07 Å². The molecule has 0 fully saturated rings. The number of hydrogen-bond donors (Lipinski definition) is 0. The quantitative estimate of drug-likeness (QED) is 0.477. The van der Waals surface area contributed by atoms with Crippen LogP contribution in [-0.4, -0.2) is 40.2 Å². The van der Waals surface area contributed by atoms with E-state index in [2.05, 4.69) is 25.0 Å². The molecular weight excluding hydrogens is 377 g/mol. The van der Waals surface area contributed by atoms with Crippen LogP contribution in [0, 0.1) is 0 Å². The zero-order valence-electron chi connectivity index (χ0n) is 13.2. The molecule has 2 unspecified atom stereocenters. The molecule has 0 aliphatic carbocycles. The summed E-state index contributed by atoms with van der Waals surface area (Å²) in [4.78, 5) is 22.6. The summed E-state index contributed by atoms with van der Waals surface area (Å²) in [5.41, 5.74) is 3.60. The first-order chi connectivity index (χ1) is 9.54. The SMILES string of the molecule is CC1=NC(c2cccc(C3=NC(C)C(C)=N3)n2)=NC1C.[Cl-].[Cl-].[Fe+2]. The Morgan fingerprint density at radius 2 is 1.17 bits per heavy atom.